The number of carbonyl (C=O) groups is 2. The molecule has 9 heteroatoms. The number of rotatable bonds is 6. The van der Waals surface area contributed by atoms with Crippen molar-refractivity contribution in [1.29, 1.82) is 0 Å². The van der Waals surface area contributed by atoms with E-state index in [1.54, 1.807) is 24.5 Å². The maximum Gasteiger partial charge on any atom is 0.272 e. The Kier molecular flexibility index (Phi) is 6.05. The van der Waals surface area contributed by atoms with Crippen LogP contribution < -0.4 is 10.6 Å². The quantitative estimate of drug-likeness (QED) is 0.639. The summed E-state index contributed by atoms with van der Waals surface area (Å²) in [6, 6.07) is 2.87. The Morgan fingerprint density at radius 1 is 1.24 bits per heavy atom. The average Bonchev–Trinajstić information content (AvgIpc) is 3.39. The summed E-state index contributed by atoms with van der Waals surface area (Å²) in [5, 5.41) is 20.4. The largest absolute Gasteiger partial charge is 0.391 e. The van der Waals surface area contributed by atoms with Crippen LogP contribution in [-0.4, -0.2) is 74.7 Å². The Balaban J connectivity index is 1.30. The van der Waals surface area contributed by atoms with Gasteiger partial charge in [0.1, 0.15) is 0 Å². The molecular weight excluding hydrogens is 372 g/mol. The number of hydrogen-bond donors (Lipinski definition) is 3. The summed E-state index contributed by atoms with van der Waals surface area (Å²) < 4.78 is 1.53. The van der Waals surface area contributed by atoms with Crippen molar-refractivity contribution in [2.24, 2.45) is 5.92 Å². The van der Waals surface area contributed by atoms with E-state index in [4.69, 9.17) is 0 Å². The molecule has 156 valence electrons. The number of aromatic nitrogens is 3. The maximum atomic E-state index is 12.6. The first-order valence-corrected chi connectivity index (χ1v) is 10.4. The molecule has 2 aliphatic rings. The zero-order valence-corrected chi connectivity index (χ0v) is 16.5. The first kappa shape index (κ1) is 19.8. The predicted molar refractivity (Wildman–Crippen MR) is 106 cm³/mol. The third-order valence-electron chi connectivity index (χ3n) is 5.90. The molecule has 2 aromatic rings. The Hall–Kier alpha value is -2.52. The van der Waals surface area contributed by atoms with Gasteiger partial charge in [0.15, 0.2) is 11.3 Å². The summed E-state index contributed by atoms with van der Waals surface area (Å²) in [6.07, 6.45) is 6.70. The molecular formula is C20H28N6O3. The van der Waals surface area contributed by atoms with Gasteiger partial charge in [-0.2, -0.15) is 5.10 Å². The van der Waals surface area contributed by atoms with Crippen LogP contribution in [0.5, 0.6) is 0 Å². The average molecular weight is 400 g/mol. The van der Waals surface area contributed by atoms with E-state index in [2.05, 4.69) is 25.6 Å². The van der Waals surface area contributed by atoms with Crippen LogP contribution in [0.15, 0.2) is 24.5 Å². The number of carbonyl (C=O) groups excluding carboxylic acids is 2. The SMILES string of the molecule is O=C(N[C@@H]1C[C@@H](C(=O)NCCN2CCCC2)CC[C@H]1O)c1cc2ncccn2n1. The number of aliphatic hydroxyl groups excluding tert-OH is 1. The van der Waals surface area contributed by atoms with Gasteiger partial charge in [-0.3, -0.25) is 9.59 Å². The van der Waals surface area contributed by atoms with Gasteiger partial charge in [-0.05, 0) is 51.3 Å². The highest BCUT2D eigenvalue weighted by atomic mass is 16.3. The molecule has 1 aliphatic heterocycles. The van der Waals surface area contributed by atoms with Crippen molar-refractivity contribution in [1.82, 2.24) is 30.1 Å². The van der Waals surface area contributed by atoms with Crippen LogP contribution in [0.3, 0.4) is 0 Å². The summed E-state index contributed by atoms with van der Waals surface area (Å²) in [5.74, 6) is -0.563. The third kappa shape index (κ3) is 4.73. The highest BCUT2D eigenvalue weighted by Crippen LogP contribution is 2.25. The molecule has 3 atom stereocenters. The molecule has 29 heavy (non-hydrogen) atoms. The van der Waals surface area contributed by atoms with E-state index in [1.165, 1.54) is 17.4 Å². The smallest absolute Gasteiger partial charge is 0.272 e. The molecule has 4 rings (SSSR count). The number of aliphatic hydroxyl groups is 1. The minimum atomic E-state index is -0.664. The van der Waals surface area contributed by atoms with E-state index in [0.717, 1.165) is 19.6 Å². The zero-order chi connectivity index (χ0) is 20.2. The minimum absolute atomic E-state index is 0.00674. The summed E-state index contributed by atoms with van der Waals surface area (Å²) in [6.45, 7) is 3.74. The Labute approximate surface area is 169 Å². The van der Waals surface area contributed by atoms with Crippen LogP contribution in [0.1, 0.15) is 42.6 Å². The summed E-state index contributed by atoms with van der Waals surface area (Å²) in [4.78, 5) is 31.7. The van der Waals surface area contributed by atoms with Gasteiger partial charge in [-0.15, -0.1) is 0 Å². The molecule has 3 heterocycles. The van der Waals surface area contributed by atoms with Crippen molar-refractivity contribution in [2.45, 2.75) is 44.2 Å². The highest BCUT2D eigenvalue weighted by molar-refractivity contribution is 5.93. The number of nitrogens with one attached hydrogen (secondary N) is 2. The van der Waals surface area contributed by atoms with Crippen LogP contribution in [-0.2, 0) is 4.79 Å². The lowest BCUT2D eigenvalue weighted by Gasteiger charge is -2.33. The lowest BCUT2D eigenvalue weighted by molar-refractivity contribution is -0.127. The second-order valence-corrected chi connectivity index (χ2v) is 7.95. The molecule has 0 radical (unpaired) electrons. The van der Waals surface area contributed by atoms with Gasteiger partial charge < -0.3 is 20.6 Å². The van der Waals surface area contributed by atoms with Gasteiger partial charge in [-0.25, -0.2) is 9.50 Å². The molecule has 0 bridgehead atoms. The molecule has 0 unspecified atom stereocenters. The zero-order valence-electron chi connectivity index (χ0n) is 16.5. The van der Waals surface area contributed by atoms with Gasteiger partial charge in [-0.1, -0.05) is 0 Å². The maximum absolute atomic E-state index is 12.6. The second-order valence-electron chi connectivity index (χ2n) is 7.95. The van der Waals surface area contributed by atoms with E-state index in [0.29, 0.717) is 31.5 Å². The molecule has 0 spiro atoms. The number of fused-ring (bicyclic) bond motifs is 1. The second kappa shape index (κ2) is 8.87. The lowest BCUT2D eigenvalue weighted by atomic mass is 9.83. The molecule has 2 amide bonds. The van der Waals surface area contributed by atoms with Gasteiger partial charge in [0.2, 0.25) is 5.91 Å². The standard InChI is InChI=1S/C20H28N6O3/c27-17-5-4-14(19(28)22-7-11-25-8-1-2-9-25)12-15(17)23-20(29)16-13-18-21-6-3-10-26(18)24-16/h3,6,10,13-15,17,27H,1-2,4-5,7-9,11-12H2,(H,22,28)(H,23,29)/t14-,15+,17+/m0/s1. The Morgan fingerprint density at radius 2 is 2.07 bits per heavy atom. The van der Waals surface area contributed by atoms with E-state index >= 15 is 0 Å². The summed E-state index contributed by atoms with van der Waals surface area (Å²) in [5.41, 5.74) is 0.824. The van der Waals surface area contributed by atoms with E-state index in [-0.39, 0.29) is 23.4 Å². The van der Waals surface area contributed by atoms with Crippen LogP contribution in [0.4, 0.5) is 0 Å². The van der Waals surface area contributed by atoms with E-state index in [9.17, 15) is 14.7 Å². The van der Waals surface area contributed by atoms with E-state index < -0.39 is 12.1 Å². The molecule has 2 aromatic heterocycles. The van der Waals surface area contributed by atoms with Crippen molar-refractivity contribution in [3.63, 3.8) is 0 Å². The van der Waals surface area contributed by atoms with Gasteiger partial charge in [0, 0.05) is 37.5 Å². The van der Waals surface area contributed by atoms with Gasteiger partial charge in [0.25, 0.3) is 5.91 Å². The third-order valence-corrected chi connectivity index (χ3v) is 5.90. The summed E-state index contributed by atoms with van der Waals surface area (Å²) >= 11 is 0. The lowest BCUT2D eigenvalue weighted by Crippen LogP contribution is -2.50. The molecule has 3 N–H and O–H groups in total. The molecule has 1 aliphatic carbocycles. The molecule has 1 saturated heterocycles. The van der Waals surface area contributed by atoms with Crippen LogP contribution in [0.2, 0.25) is 0 Å². The fourth-order valence-electron chi connectivity index (χ4n) is 4.22. The Bertz CT molecular complexity index is 830. The fraction of sp³-hybridized carbons (Fsp3) is 0.600. The predicted octanol–water partition coefficient (Wildman–Crippen LogP) is 0.201. The first-order chi connectivity index (χ1) is 14.1. The monoisotopic (exact) mass is 400 g/mol. The van der Waals surface area contributed by atoms with Crippen molar-refractivity contribution in [3.8, 4) is 0 Å². The molecule has 0 aromatic carbocycles. The van der Waals surface area contributed by atoms with Crippen LogP contribution in [0, 0.1) is 5.92 Å². The number of nitrogens with zero attached hydrogens (tertiary/aromatic N) is 4. The number of likely N-dealkylation sites (tertiary alicyclic amines) is 1. The van der Waals surface area contributed by atoms with E-state index in [1.807, 2.05) is 0 Å². The molecule has 2 fully saturated rings. The molecule has 9 nitrogen and oxygen atoms in total. The minimum Gasteiger partial charge on any atom is -0.391 e. The van der Waals surface area contributed by atoms with Crippen molar-refractivity contribution >= 4 is 17.5 Å². The number of amides is 2. The van der Waals surface area contributed by atoms with Crippen molar-refractivity contribution < 1.29 is 14.7 Å². The van der Waals surface area contributed by atoms with Crippen LogP contribution in [0.25, 0.3) is 5.65 Å². The fourth-order valence-corrected chi connectivity index (χ4v) is 4.22. The van der Waals surface area contributed by atoms with Gasteiger partial charge >= 0.3 is 0 Å². The van der Waals surface area contributed by atoms with Crippen LogP contribution >= 0.6 is 0 Å². The number of hydrogen-bond acceptors (Lipinski definition) is 6. The van der Waals surface area contributed by atoms with Crippen molar-refractivity contribution in [2.75, 3.05) is 26.2 Å². The first-order valence-electron chi connectivity index (χ1n) is 10.4. The van der Waals surface area contributed by atoms with Crippen molar-refractivity contribution in [3.05, 3.63) is 30.2 Å². The van der Waals surface area contributed by atoms with Gasteiger partial charge in [0.05, 0.1) is 12.1 Å². The summed E-state index contributed by atoms with van der Waals surface area (Å²) in [7, 11) is 0. The highest BCUT2D eigenvalue weighted by Gasteiger charge is 2.34. The molecule has 1 saturated carbocycles. The normalized spacial score (nSPS) is 25.2. The Morgan fingerprint density at radius 3 is 2.86 bits per heavy atom. The topological polar surface area (TPSA) is 112 Å².